The number of likely N-dealkylation sites (tertiary alicyclic amines) is 1. The van der Waals surface area contributed by atoms with Crippen LogP contribution < -0.4 is 4.90 Å². The molecule has 1 N–H and O–H groups in total. The molecule has 0 amide bonds. The lowest BCUT2D eigenvalue weighted by molar-refractivity contribution is -0.929. The van der Waals surface area contributed by atoms with Crippen molar-refractivity contribution in [3.63, 3.8) is 0 Å². The molecule has 4 nitrogen and oxygen atoms in total. The molecule has 0 aromatic heterocycles. The maximum Gasteiger partial charge on any atom is 0.485 e. The fourth-order valence-electron chi connectivity index (χ4n) is 2.31. The monoisotopic (exact) mass is 305 g/mol. The lowest BCUT2D eigenvalue weighted by Gasteiger charge is -2.31. The summed E-state index contributed by atoms with van der Waals surface area (Å²) < 4.78 is 58.9. The lowest BCUT2D eigenvalue weighted by Crippen LogP contribution is -3.16. The zero-order valence-electron chi connectivity index (χ0n) is 11.3. The first-order valence-corrected chi connectivity index (χ1v) is 7.91. The van der Waals surface area contributed by atoms with Crippen molar-refractivity contribution in [3.05, 3.63) is 0 Å². The van der Waals surface area contributed by atoms with Gasteiger partial charge in [-0.3, -0.25) is 0 Å². The van der Waals surface area contributed by atoms with Gasteiger partial charge in [-0.15, -0.1) is 0 Å². The van der Waals surface area contributed by atoms with Gasteiger partial charge in [-0.1, -0.05) is 13.3 Å². The third-order valence-corrected chi connectivity index (χ3v) is 3.82. The van der Waals surface area contributed by atoms with Gasteiger partial charge in [0, 0.05) is 0 Å². The van der Waals surface area contributed by atoms with Gasteiger partial charge in [0.1, 0.15) is 0 Å². The van der Waals surface area contributed by atoms with Crippen LogP contribution in [0.1, 0.15) is 46.0 Å². The molecule has 0 bridgehead atoms. The predicted octanol–water partition coefficient (Wildman–Crippen LogP) is 1.30. The Morgan fingerprint density at radius 1 is 1.26 bits per heavy atom. The van der Waals surface area contributed by atoms with E-state index in [-0.39, 0.29) is 0 Å². The largest absolute Gasteiger partial charge is 0.741 e. The van der Waals surface area contributed by atoms with Crippen LogP contribution in [0.2, 0.25) is 0 Å². The number of piperidine rings is 1. The van der Waals surface area contributed by atoms with Gasteiger partial charge in [0.15, 0.2) is 10.1 Å². The maximum atomic E-state index is 10.7. The first-order chi connectivity index (χ1) is 8.63. The van der Waals surface area contributed by atoms with Crippen molar-refractivity contribution in [1.29, 1.82) is 0 Å². The molecule has 1 saturated heterocycles. The molecule has 8 heteroatoms. The first kappa shape index (κ1) is 18.7. The lowest BCUT2D eigenvalue weighted by atomic mass is 9.98. The molecule has 1 rings (SSSR count). The molecule has 19 heavy (non-hydrogen) atoms. The number of hydrogen-bond acceptors (Lipinski definition) is 3. The Kier molecular flexibility index (Phi) is 7.92. The van der Waals surface area contributed by atoms with Crippen molar-refractivity contribution >= 4 is 10.1 Å². The Hall–Kier alpha value is -0.340. The molecule has 0 aromatic carbocycles. The minimum Gasteiger partial charge on any atom is -0.741 e. The quantitative estimate of drug-likeness (QED) is 0.631. The summed E-state index contributed by atoms with van der Waals surface area (Å²) in [4.78, 5) is 1.86. The van der Waals surface area contributed by atoms with Crippen LogP contribution >= 0.6 is 0 Å². The Morgan fingerprint density at radius 2 is 1.79 bits per heavy atom. The molecule has 1 heterocycles. The summed E-state index contributed by atoms with van der Waals surface area (Å²) in [7, 11) is -6.09. The van der Waals surface area contributed by atoms with Crippen molar-refractivity contribution < 1.29 is 31.0 Å². The summed E-state index contributed by atoms with van der Waals surface area (Å²) in [5.41, 5.74) is -5.65. The van der Waals surface area contributed by atoms with Gasteiger partial charge >= 0.3 is 5.51 Å². The second-order valence-corrected chi connectivity index (χ2v) is 6.01. The molecule has 0 spiro atoms. The smallest absolute Gasteiger partial charge is 0.485 e. The van der Waals surface area contributed by atoms with Crippen LogP contribution in [0.3, 0.4) is 0 Å². The summed E-state index contributed by atoms with van der Waals surface area (Å²) in [6, 6.07) is 0.999. The van der Waals surface area contributed by atoms with Crippen molar-refractivity contribution in [3.8, 4) is 0 Å². The molecule has 2 atom stereocenters. The molecule has 0 radical (unpaired) electrons. The summed E-state index contributed by atoms with van der Waals surface area (Å²) in [6.07, 6.45) is 7.24. The predicted molar refractivity (Wildman–Crippen MR) is 64.7 cm³/mol. The number of alkyl halides is 3. The Balaban J connectivity index is 0.000000362. The topological polar surface area (TPSA) is 61.6 Å². The van der Waals surface area contributed by atoms with Crippen LogP contribution in [-0.4, -0.2) is 37.6 Å². The van der Waals surface area contributed by atoms with Gasteiger partial charge < -0.3 is 9.45 Å². The van der Waals surface area contributed by atoms with E-state index in [1.165, 1.54) is 45.2 Å². The van der Waals surface area contributed by atoms with E-state index in [0.29, 0.717) is 0 Å². The second kappa shape index (κ2) is 8.06. The van der Waals surface area contributed by atoms with Crippen molar-refractivity contribution in [2.45, 2.75) is 57.5 Å². The molecule has 1 aliphatic heterocycles. The van der Waals surface area contributed by atoms with Crippen LogP contribution in [0.25, 0.3) is 0 Å². The number of nitrogens with one attached hydrogen (secondary N) is 1. The number of halogens is 3. The van der Waals surface area contributed by atoms with Gasteiger partial charge in [0.25, 0.3) is 0 Å². The van der Waals surface area contributed by atoms with Crippen molar-refractivity contribution in [2.24, 2.45) is 0 Å². The fourth-order valence-corrected chi connectivity index (χ4v) is 2.31. The second-order valence-electron chi connectivity index (χ2n) is 4.64. The number of quaternary nitrogens is 1. The molecule has 1 aliphatic rings. The van der Waals surface area contributed by atoms with Gasteiger partial charge in [-0.05, 0) is 32.6 Å². The first-order valence-electron chi connectivity index (χ1n) is 6.50. The third-order valence-electron chi connectivity index (χ3n) is 3.25. The van der Waals surface area contributed by atoms with Gasteiger partial charge in [-0.2, -0.15) is 13.2 Å². The minimum atomic E-state index is -6.09. The highest BCUT2D eigenvalue weighted by Crippen LogP contribution is 2.20. The molecule has 116 valence electrons. The standard InChI is InChI=1S/C10H21N.CHF3O3S/c1-3-7-10-8-5-6-9-11(10)4-2;2-1(3,4)8(5,6)7/h10H,3-9H2,1-2H3;(H,5,6,7). The van der Waals surface area contributed by atoms with Crippen LogP contribution in [-0.2, 0) is 10.1 Å². The van der Waals surface area contributed by atoms with E-state index >= 15 is 0 Å². The normalized spacial score (nSPS) is 24.5. The average Bonchev–Trinajstić information content (AvgIpc) is 2.28. The number of rotatable bonds is 3. The van der Waals surface area contributed by atoms with Crippen LogP contribution in [0.4, 0.5) is 13.2 Å². The fraction of sp³-hybridized carbons (Fsp3) is 1.00. The summed E-state index contributed by atoms with van der Waals surface area (Å²) in [5.74, 6) is 0. The summed E-state index contributed by atoms with van der Waals surface area (Å²) in [5, 5.41) is 0. The molecule has 0 aliphatic carbocycles. The van der Waals surface area contributed by atoms with E-state index in [1.807, 2.05) is 4.90 Å². The zero-order valence-corrected chi connectivity index (χ0v) is 12.1. The average molecular weight is 305 g/mol. The highest BCUT2D eigenvalue weighted by Gasteiger charge is 2.36. The van der Waals surface area contributed by atoms with Crippen LogP contribution in [0.5, 0.6) is 0 Å². The highest BCUT2D eigenvalue weighted by atomic mass is 32.2. The molecule has 0 saturated carbocycles. The van der Waals surface area contributed by atoms with Gasteiger partial charge in [0.2, 0.25) is 0 Å². The summed E-state index contributed by atoms with van der Waals surface area (Å²) in [6.45, 7) is 7.40. The van der Waals surface area contributed by atoms with Crippen LogP contribution in [0, 0.1) is 0 Å². The van der Waals surface area contributed by atoms with E-state index in [4.69, 9.17) is 13.0 Å². The SMILES string of the molecule is CCCC1CCCC[NH+]1CC.O=S(=O)([O-])C(F)(F)F. The maximum absolute atomic E-state index is 10.7. The van der Waals surface area contributed by atoms with E-state index in [0.717, 1.165) is 6.04 Å². The molecular weight excluding hydrogens is 283 g/mol. The van der Waals surface area contributed by atoms with Crippen molar-refractivity contribution in [2.75, 3.05) is 13.1 Å². The van der Waals surface area contributed by atoms with Crippen LogP contribution in [0.15, 0.2) is 0 Å². The molecular formula is C11H22F3NO3S. The molecule has 2 unspecified atom stereocenters. The Morgan fingerprint density at radius 3 is 2.16 bits per heavy atom. The van der Waals surface area contributed by atoms with E-state index in [9.17, 15) is 13.2 Å². The third kappa shape index (κ3) is 7.12. The Bertz CT molecular complexity index is 342. The minimum absolute atomic E-state index is 0.999. The number of hydrogen-bond donors (Lipinski definition) is 1. The van der Waals surface area contributed by atoms with E-state index < -0.39 is 15.6 Å². The highest BCUT2D eigenvalue weighted by molar-refractivity contribution is 7.86. The molecule has 1 fully saturated rings. The van der Waals surface area contributed by atoms with Crippen molar-refractivity contribution in [1.82, 2.24) is 0 Å². The van der Waals surface area contributed by atoms with E-state index in [2.05, 4.69) is 13.8 Å². The van der Waals surface area contributed by atoms with E-state index in [1.54, 1.807) is 0 Å². The molecule has 0 aromatic rings. The zero-order chi connectivity index (χ0) is 15.1. The van der Waals surface area contributed by atoms with Gasteiger partial charge in [0.05, 0.1) is 19.1 Å². The summed E-state index contributed by atoms with van der Waals surface area (Å²) >= 11 is 0. The Labute approximate surface area is 112 Å². The van der Waals surface area contributed by atoms with Gasteiger partial charge in [-0.25, -0.2) is 8.42 Å².